The van der Waals surface area contributed by atoms with Gasteiger partial charge in [0.15, 0.2) is 0 Å². The number of hydrogen-bond acceptors (Lipinski definition) is 5. The van der Waals surface area contributed by atoms with Crippen LogP contribution in [0.2, 0.25) is 0 Å². The van der Waals surface area contributed by atoms with Gasteiger partial charge in [-0.25, -0.2) is 9.97 Å². The van der Waals surface area contributed by atoms with Crippen LogP contribution in [0.3, 0.4) is 0 Å². The first-order valence-electron chi connectivity index (χ1n) is 9.10. The van der Waals surface area contributed by atoms with E-state index >= 15 is 0 Å². The van der Waals surface area contributed by atoms with E-state index in [-0.39, 0.29) is 5.54 Å². The molecule has 4 N–H and O–H groups in total. The highest BCUT2D eigenvalue weighted by atomic mass is 15.2. The van der Waals surface area contributed by atoms with Crippen LogP contribution in [0.5, 0.6) is 0 Å². The third kappa shape index (κ3) is 3.66. The second-order valence-corrected chi connectivity index (χ2v) is 7.83. The monoisotopic (exact) mass is 317 g/mol. The smallest absolute Gasteiger partial charge is 0.225 e. The zero-order valence-electron chi connectivity index (χ0n) is 14.5. The predicted molar refractivity (Wildman–Crippen MR) is 94.1 cm³/mol. The molecule has 0 unspecified atom stereocenters. The summed E-state index contributed by atoms with van der Waals surface area (Å²) in [6, 6.07) is 0.300. The van der Waals surface area contributed by atoms with E-state index in [2.05, 4.69) is 28.7 Å². The third-order valence-electron chi connectivity index (χ3n) is 5.90. The molecule has 5 heteroatoms. The number of nitrogens with two attached hydrogens (primary N) is 2. The second-order valence-electron chi connectivity index (χ2n) is 7.83. The van der Waals surface area contributed by atoms with Crippen LogP contribution >= 0.6 is 0 Å². The third-order valence-corrected chi connectivity index (χ3v) is 5.90. The lowest BCUT2D eigenvalue weighted by Crippen LogP contribution is -2.44. The molecule has 0 spiro atoms. The molecule has 1 aliphatic heterocycles. The number of piperidine rings is 1. The van der Waals surface area contributed by atoms with E-state index in [1.807, 2.05) is 12.4 Å². The average Bonchev–Trinajstić information content (AvgIpc) is 2.58. The quantitative estimate of drug-likeness (QED) is 0.894. The fourth-order valence-electron chi connectivity index (χ4n) is 3.95. The minimum atomic E-state index is -0.293. The maximum atomic E-state index is 6.57. The Balaban J connectivity index is 1.64. The summed E-state index contributed by atoms with van der Waals surface area (Å²) in [5, 5.41) is 0. The molecular formula is C18H31N5. The zero-order chi connectivity index (χ0) is 16.4. The molecule has 1 aromatic heterocycles. The summed E-state index contributed by atoms with van der Waals surface area (Å²) in [6.45, 7) is 6.76. The highest BCUT2D eigenvalue weighted by Crippen LogP contribution is 2.34. The van der Waals surface area contributed by atoms with E-state index in [9.17, 15) is 0 Å². The average molecular weight is 317 g/mol. The summed E-state index contributed by atoms with van der Waals surface area (Å²) in [5.41, 5.74) is 13.3. The van der Waals surface area contributed by atoms with Gasteiger partial charge in [-0.3, -0.25) is 0 Å². The lowest BCUT2D eigenvalue weighted by Gasteiger charge is -2.36. The van der Waals surface area contributed by atoms with Gasteiger partial charge in [0.05, 0.1) is 0 Å². The SMILES string of the molecule is CC(C)C1CCN(c2ncc(C3(N)CCC(N)CC3)cn2)CC1. The van der Waals surface area contributed by atoms with Crippen LogP contribution in [0.15, 0.2) is 12.4 Å². The molecule has 1 aliphatic carbocycles. The first-order chi connectivity index (χ1) is 11.0. The number of nitrogens with zero attached hydrogens (tertiary/aromatic N) is 3. The summed E-state index contributed by atoms with van der Waals surface area (Å²) in [4.78, 5) is 11.5. The first-order valence-corrected chi connectivity index (χ1v) is 9.10. The molecule has 0 atom stereocenters. The van der Waals surface area contributed by atoms with Crippen molar-refractivity contribution < 1.29 is 0 Å². The molecule has 0 aromatic carbocycles. The summed E-state index contributed by atoms with van der Waals surface area (Å²) in [5.74, 6) is 2.46. The van der Waals surface area contributed by atoms with Gasteiger partial charge in [0.25, 0.3) is 0 Å². The second kappa shape index (κ2) is 6.73. The van der Waals surface area contributed by atoms with Crippen LogP contribution in [-0.4, -0.2) is 29.1 Å². The molecule has 0 radical (unpaired) electrons. The maximum absolute atomic E-state index is 6.57. The summed E-state index contributed by atoms with van der Waals surface area (Å²) >= 11 is 0. The fourth-order valence-corrected chi connectivity index (χ4v) is 3.95. The maximum Gasteiger partial charge on any atom is 0.225 e. The summed E-state index contributed by atoms with van der Waals surface area (Å²) in [6.07, 6.45) is 10.2. The first kappa shape index (κ1) is 16.7. The van der Waals surface area contributed by atoms with E-state index in [0.717, 1.165) is 62.1 Å². The van der Waals surface area contributed by atoms with Crippen LogP contribution in [-0.2, 0) is 5.54 Å². The molecule has 23 heavy (non-hydrogen) atoms. The highest BCUT2D eigenvalue weighted by Gasteiger charge is 2.33. The zero-order valence-corrected chi connectivity index (χ0v) is 14.5. The van der Waals surface area contributed by atoms with Crippen molar-refractivity contribution in [1.29, 1.82) is 0 Å². The Morgan fingerprint density at radius 3 is 2.17 bits per heavy atom. The van der Waals surface area contributed by atoms with Gasteiger partial charge in [0.2, 0.25) is 5.95 Å². The van der Waals surface area contributed by atoms with Gasteiger partial charge < -0.3 is 16.4 Å². The van der Waals surface area contributed by atoms with Crippen LogP contribution in [0.25, 0.3) is 0 Å². The number of anilines is 1. The van der Waals surface area contributed by atoms with E-state index in [0.29, 0.717) is 6.04 Å². The van der Waals surface area contributed by atoms with Crippen molar-refractivity contribution in [3.05, 3.63) is 18.0 Å². The lowest BCUT2D eigenvalue weighted by molar-refractivity contribution is 0.276. The van der Waals surface area contributed by atoms with E-state index in [1.54, 1.807) is 0 Å². The Hall–Kier alpha value is -1.20. The normalized spacial score (nSPS) is 30.0. The van der Waals surface area contributed by atoms with Crippen LogP contribution < -0.4 is 16.4 Å². The predicted octanol–water partition coefficient (Wildman–Crippen LogP) is 2.40. The Kier molecular flexibility index (Phi) is 4.87. The highest BCUT2D eigenvalue weighted by molar-refractivity contribution is 5.32. The van der Waals surface area contributed by atoms with E-state index < -0.39 is 0 Å². The van der Waals surface area contributed by atoms with Crippen LogP contribution in [0.1, 0.15) is 57.9 Å². The van der Waals surface area contributed by atoms with E-state index in [4.69, 9.17) is 11.5 Å². The molecule has 2 fully saturated rings. The minimum absolute atomic E-state index is 0.293. The molecule has 1 aromatic rings. The molecule has 1 saturated heterocycles. The van der Waals surface area contributed by atoms with Gasteiger partial charge in [0.1, 0.15) is 0 Å². The van der Waals surface area contributed by atoms with Crippen molar-refractivity contribution in [3.8, 4) is 0 Å². The van der Waals surface area contributed by atoms with Gasteiger partial charge in [0, 0.05) is 42.6 Å². The Bertz CT molecular complexity index is 497. The van der Waals surface area contributed by atoms with Crippen molar-refractivity contribution in [2.24, 2.45) is 23.3 Å². The van der Waals surface area contributed by atoms with Gasteiger partial charge in [-0.15, -0.1) is 0 Å². The Labute approximate surface area is 139 Å². The van der Waals surface area contributed by atoms with Gasteiger partial charge >= 0.3 is 0 Å². The largest absolute Gasteiger partial charge is 0.341 e. The molecule has 1 saturated carbocycles. The van der Waals surface area contributed by atoms with E-state index in [1.165, 1.54) is 12.8 Å². The molecule has 3 rings (SSSR count). The molecule has 128 valence electrons. The molecule has 2 heterocycles. The van der Waals surface area contributed by atoms with Crippen molar-refractivity contribution in [2.45, 2.75) is 64.0 Å². The summed E-state index contributed by atoms with van der Waals surface area (Å²) in [7, 11) is 0. The number of aromatic nitrogens is 2. The Morgan fingerprint density at radius 1 is 1.09 bits per heavy atom. The molecule has 2 aliphatic rings. The molecule has 0 bridgehead atoms. The molecule has 5 nitrogen and oxygen atoms in total. The Morgan fingerprint density at radius 2 is 1.65 bits per heavy atom. The molecular weight excluding hydrogens is 286 g/mol. The van der Waals surface area contributed by atoms with Crippen LogP contribution in [0.4, 0.5) is 5.95 Å². The van der Waals surface area contributed by atoms with Crippen molar-refractivity contribution >= 4 is 5.95 Å². The standard InChI is InChI=1S/C18H31N5/c1-13(2)14-5-9-23(10-6-14)17-21-11-15(12-22-17)18(20)7-3-16(19)4-8-18/h11-14,16H,3-10,19-20H2,1-2H3. The number of hydrogen-bond donors (Lipinski definition) is 2. The fraction of sp³-hybridized carbons (Fsp3) is 0.778. The topological polar surface area (TPSA) is 81.1 Å². The van der Waals surface area contributed by atoms with Crippen molar-refractivity contribution in [1.82, 2.24) is 9.97 Å². The molecule has 0 amide bonds. The number of rotatable bonds is 3. The van der Waals surface area contributed by atoms with Crippen LogP contribution in [0, 0.1) is 11.8 Å². The summed E-state index contributed by atoms with van der Waals surface area (Å²) < 4.78 is 0. The van der Waals surface area contributed by atoms with Crippen molar-refractivity contribution in [2.75, 3.05) is 18.0 Å². The minimum Gasteiger partial charge on any atom is -0.341 e. The van der Waals surface area contributed by atoms with Gasteiger partial charge in [-0.2, -0.15) is 0 Å². The lowest BCUT2D eigenvalue weighted by atomic mass is 9.77. The van der Waals surface area contributed by atoms with Gasteiger partial charge in [-0.1, -0.05) is 13.8 Å². The van der Waals surface area contributed by atoms with Gasteiger partial charge in [-0.05, 0) is 50.4 Å². The van der Waals surface area contributed by atoms with Crippen molar-refractivity contribution in [3.63, 3.8) is 0 Å².